The Morgan fingerprint density at radius 2 is 1.79 bits per heavy atom. The third-order valence-electron chi connectivity index (χ3n) is 6.59. The van der Waals surface area contributed by atoms with Crippen molar-refractivity contribution in [2.75, 3.05) is 13.1 Å². The molecule has 1 saturated heterocycles. The fraction of sp³-hybridized carbons (Fsp3) is 0.185. The number of nitrogens with one attached hydrogen (secondary N) is 1. The SMILES string of the molecule is O=C(c1cc2c([nH]c3ccccc32)c(-c2cccs2)n1)N1CCC(c2ccc(Cl)cc2)CC1. The van der Waals surface area contributed by atoms with Crippen LogP contribution in [0.1, 0.15) is 34.8 Å². The zero-order chi connectivity index (χ0) is 22.4. The van der Waals surface area contributed by atoms with Gasteiger partial charge in [0.1, 0.15) is 11.4 Å². The molecule has 33 heavy (non-hydrogen) atoms. The van der Waals surface area contributed by atoms with Gasteiger partial charge in [0.05, 0.1) is 10.4 Å². The molecule has 1 aliphatic rings. The van der Waals surface area contributed by atoms with Gasteiger partial charge in [-0.25, -0.2) is 4.98 Å². The molecule has 1 N–H and O–H groups in total. The summed E-state index contributed by atoms with van der Waals surface area (Å²) in [6.45, 7) is 1.46. The number of nitrogens with zero attached hydrogens (tertiary/aromatic N) is 2. The minimum absolute atomic E-state index is 0.00884. The molecule has 0 bridgehead atoms. The fourth-order valence-corrected chi connectivity index (χ4v) is 5.71. The lowest BCUT2D eigenvalue weighted by atomic mass is 9.89. The van der Waals surface area contributed by atoms with Crippen molar-refractivity contribution < 1.29 is 4.79 Å². The standard InChI is InChI=1S/C27H22ClN3OS/c28-19-9-7-17(8-10-19)18-11-13-31(14-12-18)27(32)23-16-21-20-4-1-2-5-22(20)29-25(21)26(30-23)24-6-3-15-33-24/h1-10,15-16,18,29H,11-14H2. The van der Waals surface area contributed by atoms with Crippen LogP contribution in [0.3, 0.4) is 0 Å². The lowest BCUT2D eigenvalue weighted by Gasteiger charge is -2.32. The van der Waals surface area contributed by atoms with Crippen LogP contribution in [0.25, 0.3) is 32.4 Å². The molecule has 0 atom stereocenters. The van der Waals surface area contributed by atoms with Crippen LogP contribution in [0, 0.1) is 0 Å². The number of aromatic nitrogens is 2. The highest BCUT2D eigenvalue weighted by Gasteiger charge is 2.26. The number of aromatic amines is 1. The van der Waals surface area contributed by atoms with E-state index in [4.69, 9.17) is 16.6 Å². The maximum Gasteiger partial charge on any atom is 0.272 e. The maximum absolute atomic E-state index is 13.6. The van der Waals surface area contributed by atoms with Gasteiger partial charge in [0.15, 0.2) is 0 Å². The average molecular weight is 472 g/mol. The molecule has 4 nitrogen and oxygen atoms in total. The van der Waals surface area contributed by atoms with Gasteiger partial charge in [0.2, 0.25) is 0 Å². The number of H-pyrrole nitrogens is 1. The summed E-state index contributed by atoms with van der Waals surface area (Å²) >= 11 is 7.68. The summed E-state index contributed by atoms with van der Waals surface area (Å²) in [5.74, 6) is 0.464. The van der Waals surface area contributed by atoms with Gasteiger partial charge in [-0.05, 0) is 60.0 Å². The number of rotatable bonds is 3. The molecule has 0 saturated carbocycles. The molecule has 0 aliphatic carbocycles. The first-order valence-corrected chi connectivity index (χ1v) is 12.4. The Morgan fingerprint density at radius 3 is 2.55 bits per heavy atom. The van der Waals surface area contributed by atoms with Crippen molar-refractivity contribution in [1.82, 2.24) is 14.9 Å². The molecule has 6 heteroatoms. The number of thiophene rings is 1. The van der Waals surface area contributed by atoms with Crippen LogP contribution in [-0.4, -0.2) is 33.9 Å². The number of para-hydroxylation sites is 1. The van der Waals surface area contributed by atoms with Gasteiger partial charge in [-0.15, -0.1) is 11.3 Å². The number of piperidine rings is 1. The van der Waals surface area contributed by atoms with E-state index in [1.807, 2.05) is 46.7 Å². The van der Waals surface area contributed by atoms with Crippen molar-refractivity contribution in [2.24, 2.45) is 0 Å². The van der Waals surface area contributed by atoms with Gasteiger partial charge in [0.25, 0.3) is 5.91 Å². The average Bonchev–Trinajstić information content (AvgIpc) is 3.52. The summed E-state index contributed by atoms with van der Waals surface area (Å²) < 4.78 is 0. The van der Waals surface area contributed by atoms with E-state index in [-0.39, 0.29) is 5.91 Å². The number of fused-ring (bicyclic) bond motifs is 3. The van der Waals surface area contributed by atoms with Gasteiger partial charge < -0.3 is 9.88 Å². The second kappa shape index (κ2) is 8.32. The second-order valence-electron chi connectivity index (χ2n) is 8.54. The van der Waals surface area contributed by atoms with E-state index in [1.54, 1.807) is 11.3 Å². The van der Waals surface area contributed by atoms with E-state index in [2.05, 4.69) is 35.3 Å². The van der Waals surface area contributed by atoms with E-state index in [9.17, 15) is 4.79 Å². The van der Waals surface area contributed by atoms with Crippen molar-refractivity contribution in [2.45, 2.75) is 18.8 Å². The zero-order valence-corrected chi connectivity index (χ0v) is 19.5. The Balaban J connectivity index is 1.34. The van der Waals surface area contributed by atoms with Gasteiger partial charge in [-0.3, -0.25) is 4.79 Å². The molecule has 164 valence electrons. The predicted molar refractivity (Wildman–Crippen MR) is 136 cm³/mol. The number of carbonyl (C=O) groups excluding carboxylic acids is 1. The van der Waals surface area contributed by atoms with Crippen molar-refractivity contribution >= 4 is 50.7 Å². The molecule has 5 aromatic rings. The molecule has 1 amide bonds. The van der Waals surface area contributed by atoms with Crippen molar-refractivity contribution in [1.29, 1.82) is 0 Å². The van der Waals surface area contributed by atoms with Crippen molar-refractivity contribution in [3.63, 3.8) is 0 Å². The summed E-state index contributed by atoms with van der Waals surface area (Å²) in [7, 11) is 0. The number of carbonyl (C=O) groups is 1. The third-order valence-corrected chi connectivity index (χ3v) is 7.72. The van der Waals surface area contributed by atoms with Gasteiger partial charge in [-0.1, -0.05) is 48.0 Å². The van der Waals surface area contributed by atoms with Gasteiger partial charge >= 0.3 is 0 Å². The lowest BCUT2D eigenvalue weighted by molar-refractivity contribution is 0.0707. The van der Waals surface area contributed by atoms with Crippen LogP contribution in [-0.2, 0) is 0 Å². The molecule has 0 radical (unpaired) electrons. The number of halogens is 1. The smallest absolute Gasteiger partial charge is 0.272 e. The molecule has 2 aromatic carbocycles. The first-order chi connectivity index (χ1) is 16.2. The molecular weight excluding hydrogens is 450 g/mol. The monoisotopic (exact) mass is 471 g/mol. The van der Waals surface area contributed by atoms with Gasteiger partial charge in [-0.2, -0.15) is 0 Å². The molecule has 1 fully saturated rings. The Morgan fingerprint density at radius 1 is 1.00 bits per heavy atom. The maximum atomic E-state index is 13.6. The fourth-order valence-electron chi connectivity index (χ4n) is 4.86. The first-order valence-electron chi connectivity index (χ1n) is 11.2. The second-order valence-corrected chi connectivity index (χ2v) is 9.93. The summed E-state index contributed by atoms with van der Waals surface area (Å²) in [6, 6.07) is 22.3. The van der Waals surface area contributed by atoms with Crippen LogP contribution in [0.15, 0.2) is 72.1 Å². The summed E-state index contributed by atoms with van der Waals surface area (Å²) in [5, 5.41) is 4.96. The molecule has 3 aromatic heterocycles. The van der Waals surface area contributed by atoms with Crippen LogP contribution in [0.2, 0.25) is 5.02 Å². The third kappa shape index (κ3) is 3.71. The summed E-state index contributed by atoms with van der Waals surface area (Å²) in [4.78, 5) is 25.0. The van der Waals surface area contributed by atoms with E-state index < -0.39 is 0 Å². The number of hydrogen-bond donors (Lipinski definition) is 1. The largest absolute Gasteiger partial charge is 0.353 e. The van der Waals surface area contributed by atoms with E-state index in [0.29, 0.717) is 11.6 Å². The quantitative estimate of drug-likeness (QED) is 0.304. The number of pyridine rings is 1. The van der Waals surface area contributed by atoms with E-state index in [1.165, 1.54) is 5.56 Å². The minimum atomic E-state index is 0.00884. The predicted octanol–water partition coefficient (Wildman–Crippen LogP) is 7.12. The van der Waals surface area contributed by atoms with Crippen molar-refractivity contribution in [3.8, 4) is 10.6 Å². The number of benzene rings is 2. The van der Waals surface area contributed by atoms with Gasteiger partial charge in [0, 0.05) is 34.4 Å². The highest BCUT2D eigenvalue weighted by molar-refractivity contribution is 7.13. The van der Waals surface area contributed by atoms with Crippen LogP contribution >= 0.6 is 22.9 Å². The molecular formula is C27H22ClN3OS. The number of amides is 1. The zero-order valence-electron chi connectivity index (χ0n) is 17.9. The Labute approximate surface area is 200 Å². The molecule has 6 rings (SSSR count). The Bertz CT molecular complexity index is 1450. The first kappa shape index (κ1) is 20.5. The molecule has 4 heterocycles. The number of hydrogen-bond acceptors (Lipinski definition) is 3. The highest BCUT2D eigenvalue weighted by Crippen LogP contribution is 2.35. The summed E-state index contributed by atoms with van der Waals surface area (Å²) in [5.41, 5.74) is 4.70. The molecule has 1 aliphatic heterocycles. The van der Waals surface area contributed by atoms with Crippen LogP contribution in [0.4, 0.5) is 0 Å². The van der Waals surface area contributed by atoms with E-state index in [0.717, 1.165) is 63.3 Å². The normalized spacial score (nSPS) is 14.9. The van der Waals surface area contributed by atoms with Crippen molar-refractivity contribution in [3.05, 3.63) is 88.4 Å². The highest BCUT2D eigenvalue weighted by atomic mass is 35.5. The lowest BCUT2D eigenvalue weighted by Crippen LogP contribution is -2.38. The molecule has 0 spiro atoms. The molecule has 0 unspecified atom stereocenters. The summed E-state index contributed by atoms with van der Waals surface area (Å²) in [6.07, 6.45) is 1.89. The number of likely N-dealkylation sites (tertiary alicyclic amines) is 1. The Kier molecular flexibility index (Phi) is 5.16. The van der Waals surface area contributed by atoms with Crippen LogP contribution < -0.4 is 0 Å². The topological polar surface area (TPSA) is 49.0 Å². The Hall–Kier alpha value is -3.15. The van der Waals surface area contributed by atoms with E-state index >= 15 is 0 Å². The van der Waals surface area contributed by atoms with Crippen LogP contribution in [0.5, 0.6) is 0 Å². The minimum Gasteiger partial charge on any atom is -0.353 e.